The van der Waals surface area contributed by atoms with Gasteiger partial charge in [0.05, 0.1) is 0 Å². The highest BCUT2D eigenvalue weighted by molar-refractivity contribution is 5.87. The summed E-state index contributed by atoms with van der Waals surface area (Å²) < 4.78 is 30.0. The number of halogens is 1. The molecule has 5 nitrogen and oxygen atoms in total. The quantitative estimate of drug-likeness (QED) is 0.503. The number of carbonyl (C=O) groups excluding carboxylic acids is 1. The maximum absolute atomic E-state index is 13.5. The largest absolute Gasteiger partial charge is 0.490 e. The van der Waals surface area contributed by atoms with E-state index >= 15 is 0 Å². The van der Waals surface area contributed by atoms with E-state index in [9.17, 15) is 9.18 Å². The van der Waals surface area contributed by atoms with Crippen LogP contribution < -0.4 is 9.47 Å². The summed E-state index contributed by atoms with van der Waals surface area (Å²) in [7, 11) is 0. The molecule has 0 aliphatic carbocycles. The van der Waals surface area contributed by atoms with Gasteiger partial charge in [0.25, 0.3) is 6.47 Å². The second-order valence-electron chi connectivity index (χ2n) is 7.23. The van der Waals surface area contributed by atoms with E-state index in [1.54, 1.807) is 0 Å². The summed E-state index contributed by atoms with van der Waals surface area (Å²) in [6.07, 6.45) is 2.44. The number of rotatable bonds is 8. The summed E-state index contributed by atoms with van der Waals surface area (Å²) in [6.45, 7) is 4.41. The minimum absolute atomic E-state index is 0.192. The first-order valence-corrected chi connectivity index (χ1v) is 9.90. The zero-order valence-corrected chi connectivity index (χ0v) is 16.2. The van der Waals surface area contributed by atoms with Crippen molar-refractivity contribution in [2.75, 3.05) is 39.5 Å². The normalized spacial score (nSPS) is 16.3. The zero-order chi connectivity index (χ0) is 20.1. The number of nitrogens with zero attached hydrogens (tertiary/aromatic N) is 1. The number of likely N-dealkylation sites (tertiary alicyclic amines) is 1. The number of hydrogen-bond donors (Lipinski definition) is 0. The molecular formula is C23H24FNO4. The van der Waals surface area contributed by atoms with Crippen molar-refractivity contribution in [3.63, 3.8) is 0 Å². The van der Waals surface area contributed by atoms with Crippen LogP contribution in [-0.4, -0.2) is 50.8 Å². The van der Waals surface area contributed by atoms with Gasteiger partial charge in [0, 0.05) is 12.1 Å². The van der Waals surface area contributed by atoms with Gasteiger partial charge in [-0.15, -0.1) is 0 Å². The Labute approximate surface area is 169 Å². The molecule has 0 atom stereocenters. The van der Waals surface area contributed by atoms with Crippen LogP contribution in [0.25, 0.3) is 5.57 Å². The van der Waals surface area contributed by atoms with Crippen molar-refractivity contribution in [2.24, 2.45) is 0 Å². The molecule has 29 heavy (non-hydrogen) atoms. The molecule has 4 rings (SSSR count). The van der Waals surface area contributed by atoms with E-state index in [-0.39, 0.29) is 19.0 Å². The van der Waals surface area contributed by atoms with Crippen LogP contribution in [-0.2, 0) is 9.53 Å². The van der Waals surface area contributed by atoms with Gasteiger partial charge in [0.1, 0.15) is 37.1 Å². The Bertz CT molecular complexity index is 888. The maximum atomic E-state index is 13.5. The predicted molar refractivity (Wildman–Crippen MR) is 108 cm³/mol. The van der Waals surface area contributed by atoms with Gasteiger partial charge >= 0.3 is 0 Å². The standard InChI is InChI=1S/C23H24FNO4/c24-19-5-3-17(4-6-19)23-18(14-25-9-1-2-10-25)15-29-22-8-7-20(13-21(22)23)28-12-11-27-16-26/h3-8,13,16H,1-2,9-12,14-15H2. The topological polar surface area (TPSA) is 48.0 Å². The Morgan fingerprint density at radius 2 is 1.86 bits per heavy atom. The third kappa shape index (κ3) is 4.59. The first kappa shape index (κ1) is 19.5. The molecule has 0 saturated carbocycles. The van der Waals surface area contributed by atoms with Gasteiger partial charge in [0.15, 0.2) is 0 Å². The van der Waals surface area contributed by atoms with Crippen LogP contribution in [0, 0.1) is 5.82 Å². The Hall–Kier alpha value is -2.86. The maximum Gasteiger partial charge on any atom is 0.293 e. The van der Waals surface area contributed by atoms with Crippen LogP contribution in [0.15, 0.2) is 48.0 Å². The molecule has 2 aliphatic heterocycles. The molecule has 0 bridgehead atoms. The third-order valence-corrected chi connectivity index (χ3v) is 5.26. The second-order valence-corrected chi connectivity index (χ2v) is 7.23. The lowest BCUT2D eigenvalue weighted by molar-refractivity contribution is -0.129. The molecule has 152 valence electrons. The van der Waals surface area contributed by atoms with Crippen molar-refractivity contribution in [3.8, 4) is 11.5 Å². The fourth-order valence-corrected chi connectivity index (χ4v) is 3.91. The molecule has 0 N–H and O–H groups in total. The van der Waals surface area contributed by atoms with Crippen molar-refractivity contribution in [1.29, 1.82) is 0 Å². The predicted octanol–water partition coefficient (Wildman–Crippen LogP) is 3.67. The van der Waals surface area contributed by atoms with Gasteiger partial charge in [-0.1, -0.05) is 12.1 Å². The highest BCUT2D eigenvalue weighted by atomic mass is 19.1. The summed E-state index contributed by atoms with van der Waals surface area (Å²) in [5, 5.41) is 0. The molecule has 2 aromatic carbocycles. The average Bonchev–Trinajstić information content (AvgIpc) is 3.25. The van der Waals surface area contributed by atoms with Crippen LogP contribution >= 0.6 is 0 Å². The van der Waals surface area contributed by atoms with E-state index in [4.69, 9.17) is 9.47 Å². The first-order chi connectivity index (χ1) is 14.2. The molecule has 1 saturated heterocycles. The van der Waals surface area contributed by atoms with Crippen molar-refractivity contribution in [3.05, 3.63) is 65.0 Å². The Balaban J connectivity index is 1.69. The molecule has 0 radical (unpaired) electrons. The number of carbonyl (C=O) groups is 1. The molecular weight excluding hydrogens is 373 g/mol. The highest BCUT2D eigenvalue weighted by Gasteiger charge is 2.24. The Kier molecular flexibility index (Phi) is 6.10. The van der Waals surface area contributed by atoms with Gasteiger partial charge in [-0.2, -0.15) is 0 Å². The average molecular weight is 397 g/mol. The molecule has 2 aliphatic rings. The first-order valence-electron chi connectivity index (χ1n) is 9.90. The number of fused-ring (bicyclic) bond motifs is 1. The molecule has 1 fully saturated rings. The van der Waals surface area contributed by atoms with Crippen molar-refractivity contribution in [1.82, 2.24) is 4.90 Å². The SMILES string of the molecule is O=COCCOc1ccc2c(c1)C(c1ccc(F)cc1)=C(CN1CCCC1)CO2. The molecule has 0 aromatic heterocycles. The number of benzene rings is 2. The summed E-state index contributed by atoms with van der Waals surface area (Å²) in [5.41, 5.74) is 4.16. The zero-order valence-electron chi connectivity index (χ0n) is 16.2. The van der Waals surface area contributed by atoms with Crippen LogP contribution in [0.3, 0.4) is 0 Å². The summed E-state index contributed by atoms with van der Waals surface area (Å²) in [4.78, 5) is 12.7. The van der Waals surface area contributed by atoms with Crippen LogP contribution in [0.1, 0.15) is 24.0 Å². The molecule has 0 unspecified atom stereocenters. The molecule has 0 amide bonds. The van der Waals surface area contributed by atoms with Crippen molar-refractivity contribution < 1.29 is 23.4 Å². The van der Waals surface area contributed by atoms with E-state index in [0.717, 1.165) is 42.1 Å². The van der Waals surface area contributed by atoms with Crippen LogP contribution in [0.4, 0.5) is 4.39 Å². The lowest BCUT2D eigenvalue weighted by Crippen LogP contribution is -2.26. The third-order valence-electron chi connectivity index (χ3n) is 5.26. The van der Waals surface area contributed by atoms with Gasteiger partial charge in [0.2, 0.25) is 0 Å². The Morgan fingerprint density at radius 1 is 1.07 bits per heavy atom. The van der Waals surface area contributed by atoms with E-state index in [0.29, 0.717) is 18.8 Å². The lowest BCUT2D eigenvalue weighted by Gasteiger charge is -2.27. The summed E-state index contributed by atoms with van der Waals surface area (Å²) in [5.74, 6) is 1.20. The number of ether oxygens (including phenoxy) is 3. The summed E-state index contributed by atoms with van der Waals surface area (Å²) >= 11 is 0. The van der Waals surface area contributed by atoms with Gasteiger partial charge in [-0.25, -0.2) is 4.39 Å². The van der Waals surface area contributed by atoms with E-state index in [2.05, 4.69) is 9.64 Å². The summed E-state index contributed by atoms with van der Waals surface area (Å²) in [6, 6.07) is 12.3. The highest BCUT2D eigenvalue weighted by Crippen LogP contribution is 2.40. The minimum Gasteiger partial charge on any atom is -0.490 e. The second kappa shape index (κ2) is 9.09. The van der Waals surface area contributed by atoms with Gasteiger partial charge < -0.3 is 14.2 Å². The Morgan fingerprint density at radius 3 is 2.62 bits per heavy atom. The van der Waals surface area contributed by atoms with Crippen LogP contribution in [0.2, 0.25) is 0 Å². The van der Waals surface area contributed by atoms with Crippen LogP contribution in [0.5, 0.6) is 11.5 Å². The van der Waals surface area contributed by atoms with Gasteiger partial charge in [-0.05, 0) is 73.0 Å². The van der Waals surface area contributed by atoms with E-state index in [1.165, 1.54) is 30.5 Å². The lowest BCUT2D eigenvalue weighted by atomic mass is 9.90. The molecule has 2 aromatic rings. The van der Waals surface area contributed by atoms with Crippen molar-refractivity contribution >= 4 is 12.0 Å². The molecule has 0 spiro atoms. The fourth-order valence-electron chi connectivity index (χ4n) is 3.91. The smallest absolute Gasteiger partial charge is 0.293 e. The molecule has 2 heterocycles. The molecule has 6 heteroatoms. The van der Waals surface area contributed by atoms with Gasteiger partial charge in [-0.3, -0.25) is 9.69 Å². The monoisotopic (exact) mass is 397 g/mol. The van der Waals surface area contributed by atoms with Crippen molar-refractivity contribution in [2.45, 2.75) is 12.8 Å². The number of hydrogen-bond acceptors (Lipinski definition) is 5. The van der Waals surface area contributed by atoms with E-state index < -0.39 is 0 Å². The fraction of sp³-hybridized carbons (Fsp3) is 0.348. The minimum atomic E-state index is -0.255. The van der Waals surface area contributed by atoms with E-state index in [1.807, 2.05) is 30.3 Å².